The van der Waals surface area contributed by atoms with Crippen LogP contribution in [0.3, 0.4) is 0 Å². The Bertz CT molecular complexity index is 1610. The van der Waals surface area contributed by atoms with Crippen LogP contribution < -0.4 is 15.8 Å². The Morgan fingerprint density at radius 3 is 2.47 bits per heavy atom. The van der Waals surface area contributed by atoms with Crippen molar-refractivity contribution in [1.29, 1.82) is 0 Å². The first-order valence-electron chi connectivity index (χ1n) is 11.1. The van der Waals surface area contributed by atoms with Crippen molar-refractivity contribution in [2.75, 3.05) is 11.9 Å². The molecule has 0 saturated heterocycles. The summed E-state index contributed by atoms with van der Waals surface area (Å²) in [5, 5.41) is 5.99. The molecule has 9 heteroatoms. The van der Waals surface area contributed by atoms with E-state index in [2.05, 4.69) is 10.3 Å². The van der Waals surface area contributed by atoms with E-state index in [-0.39, 0.29) is 12.5 Å². The van der Waals surface area contributed by atoms with E-state index in [0.717, 1.165) is 32.9 Å². The number of nitrogens with two attached hydrogens (primary N) is 1. The molecule has 0 aliphatic carbocycles. The van der Waals surface area contributed by atoms with Gasteiger partial charge in [0, 0.05) is 57.5 Å². The number of carbonyl (C=O) groups is 2. The van der Waals surface area contributed by atoms with Crippen LogP contribution in [-0.2, 0) is 16.6 Å². The van der Waals surface area contributed by atoms with Crippen molar-refractivity contribution < 1.29 is 14.3 Å². The Kier molecular flexibility index (Phi) is 6.35. The maximum atomic E-state index is 13.8. The Labute approximate surface area is 216 Å². The van der Waals surface area contributed by atoms with Gasteiger partial charge in [0.15, 0.2) is 6.61 Å². The number of ether oxygens (including phenoxy) is 1. The summed E-state index contributed by atoms with van der Waals surface area (Å²) in [6.07, 6.45) is 3.78. The smallest absolute Gasteiger partial charge is 0.255 e. The summed E-state index contributed by atoms with van der Waals surface area (Å²) < 4.78 is 7.41. The fourth-order valence-corrected chi connectivity index (χ4v) is 4.72. The van der Waals surface area contributed by atoms with E-state index < -0.39 is 11.8 Å². The quantitative estimate of drug-likeness (QED) is 0.260. The summed E-state index contributed by atoms with van der Waals surface area (Å²) in [7, 11) is 1.90. The fraction of sp³-hybridized carbons (Fsp3) is 0.111. The highest BCUT2D eigenvalue weighted by molar-refractivity contribution is 6.31. The molecule has 4 N–H and O–H groups in total. The summed E-state index contributed by atoms with van der Waals surface area (Å²) in [5.41, 5.74) is 9.16. The fourth-order valence-electron chi connectivity index (χ4n) is 4.43. The molecule has 3 aromatic carbocycles. The van der Waals surface area contributed by atoms with Crippen molar-refractivity contribution in [3.63, 3.8) is 0 Å². The topological polar surface area (TPSA) is 102 Å². The van der Waals surface area contributed by atoms with Gasteiger partial charge in [-0.05, 0) is 59.7 Å². The first-order valence-corrected chi connectivity index (χ1v) is 11.9. The Hall–Kier alpha value is -3.94. The van der Waals surface area contributed by atoms with Crippen LogP contribution in [-0.4, -0.2) is 28.0 Å². The molecule has 0 radical (unpaired) electrons. The van der Waals surface area contributed by atoms with Gasteiger partial charge in [-0.1, -0.05) is 29.3 Å². The van der Waals surface area contributed by atoms with Gasteiger partial charge in [-0.25, -0.2) is 0 Å². The number of amides is 2. The molecule has 36 heavy (non-hydrogen) atoms. The molecule has 1 unspecified atom stereocenters. The van der Waals surface area contributed by atoms with Gasteiger partial charge in [0.1, 0.15) is 5.75 Å². The van der Waals surface area contributed by atoms with Crippen molar-refractivity contribution in [3.05, 3.63) is 94.2 Å². The minimum atomic E-state index is -0.642. The number of halogens is 2. The third-order valence-corrected chi connectivity index (χ3v) is 6.53. The monoisotopic (exact) mass is 520 g/mol. The second kappa shape index (κ2) is 9.60. The predicted octanol–water partition coefficient (Wildman–Crippen LogP) is 5.60. The van der Waals surface area contributed by atoms with Crippen LogP contribution in [0.1, 0.15) is 17.0 Å². The Balaban J connectivity index is 1.62. The Morgan fingerprint density at radius 1 is 1.00 bits per heavy atom. The number of aromatic amines is 1. The van der Waals surface area contributed by atoms with Gasteiger partial charge in [0.2, 0.25) is 5.91 Å². The van der Waals surface area contributed by atoms with Crippen molar-refractivity contribution in [2.45, 2.75) is 5.92 Å². The molecule has 5 aromatic rings. The molecule has 2 aromatic heterocycles. The molecule has 0 bridgehead atoms. The normalized spacial score (nSPS) is 12.1. The number of hydrogen-bond acceptors (Lipinski definition) is 3. The number of aryl methyl sites for hydroxylation is 1. The number of nitrogens with one attached hydrogen (secondary N) is 2. The molecule has 2 amide bonds. The lowest BCUT2D eigenvalue weighted by Crippen LogP contribution is -2.22. The molecule has 0 fully saturated rings. The highest BCUT2D eigenvalue weighted by Crippen LogP contribution is 2.38. The minimum Gasteiger partial charge on any atom is -0.484 e. The number of fused-ring (bicyclic) bond motifs is 2. The minimum absolute atomic E-state index is 0.199. The van der Waals surface area contributed by atoms with Crippen LogP contribution in [0.5, 0.6) is 5.75 Å². The van der Waals surface area contributed by atoms with E-state index in [1.807, 2.05) is 48.3 Å². The van der Waals surface area contributed by atoms with E-state index in [1.165, 1.54) is 0 Å². The van der Waals surface area contributed by atoms with Gasteiger partial charge < -0.3 is 25.3 Å². The van der Waals surface area contributed by atoms with Crippen molar-refractivity contribution in [2.24, 2.45) is 12.8 Å². The number of H-pyrrole nitrogens is 1. The first-order chi connectivity index (χ1) is 17.3. The van der Waals surface area contributed by atoms with Crippen LogP contribution >= 0.6 is 23.2 Å². The summed E-state index contributed by atoms with van der Waals surface area (Å²) in [6.45, 7) is -0.215. The van der Waals surface area contributed by atoms with Crippen molar-refractivity contribution in [1.82, 2.24) is 9.55 Å². The maximum absolute atomic E-state index is 13.8. The van der Waals surface area contributed by atoms with Gasteiger partial charge in [0.25, 0.3) is 5.91 Å². The number of aromatic nitrogens is 2. The van der Waals surface area contributed by atoms with Crippen molar-refractivity contribution >= 4 is 62.5 Å². The zero-order chi connectivity index (χ0) is 25.4. The highest BCUT2D eigenvalue weighted by atomic mass is 35.5. The number of hydrogen-bond donors (Lipinski definition) is 3. The van der Waals surface area contributed by atoms with Gasteiger partial charge >= 0.3 is 0 Å². The van der Waals surface area contributed by atoms with E-state index >= 15 is 0 Å². The molecule has 5 rings (SSSR count). The second-order valence-electron chi connectivity index (χ2n) is 8.49. The molecule has 0 spiro atoms. The summed E-state index contributed by atoms with van der Waals surface area (Å²) >= 11 is 12.2. The summed E-state index contributed by atoms with van der Waals surface area (Å²) in [4.78, 5) is 28.2. The zero-order valence-corrected chi connectivity index (χ0v) is 20.7. The molecule has 1 atom stereocenters. The van der Waals surface area contributed by atoms with Crippen molar-refractivity contribution in [3.8, 4) is 5.75 Å². The molecule has 182 valence electrons. The SMILES string of the molecule is Cn1cc(C(C(=O)Nc2ccc(Cl)cc2)c2c[nH]c3cc(Cl)ccc23)c2ccc(OCC(N)=O)cc21. The van der Waals surface area contributed by atoms with Crippen LogP contribution in [0.4, 0.5) is 5.69 Å². The standard InChI is InChI=1S/C27H22Cl2N4O3/c1-33-13-22(20-9-7-18(11-24(20)33)36-14-25(30)34)26(27(35)32-17-5-2-15(28)3-6-17)21-12-31-23-10-16(29)4-8-19(21)23/h2-13,26,31H,14H2,1H3,(H2,30,34)(H,32,35). The second-order valence-corrected chi connectivity index (χ2v) is 9.37. The third kappa shape index (κ3) is 4.63. The lowest BCUT2D eigenvalue weighted by molar-refractivity contribution is -0.120. The lowest BCUT2D eigenvalue weighted by atomic mass is 9.89. The molecule has 0 aliphatic rings. The van der Waals surface area contributed by atoms with E-state index in [4.69, 9.17) is 33.7 Å². The van der Waals surface area contributed by atoms with Crippen LogP contribution in [0, 0.1) is 0 Å². The number of carbonyl (C=O) groups excluding carboxylic acids is 2. The van der Waals surface area contributed by atoms with E-state index in [0.29, 0.717) is 21.5 Å². The van der Waals surface area contributed by atoms with E-state index in [9.17, 15) is 9.59 Å². The zero-order valence-electron chi connectivity index (χ0n) is 19.2. The number of anilines is 1. The van der Waals surface area contributed by atoms with Crippen LogP contribution in [0.2, 0.25) is 10.0 Å². The van der Waals surface area contributed by atoms with Gasteiger partial charge in [-0.15, -0.1) is 0 Å². The highest BCUT2D eigenvalue weighted by Gasteiger charge is 2.29. The van der Waals surface area contributed by atoms with Crippen LogP contribution in [0.25, 0.3) is 21.8 Å². The van der Waals surface area contributed by atoms with Gasteiger partial charge in [-0.2, -0.15) is 0 Å². The summed E-state index contributed by atoms with van der Waals surface area (Å²) in [6, 6.07) is 18.0. The average Bonchev–Trinajstić information content (AvgIpc) is 3.40. The largest absolute Gasteiger partial charge is 0.484 e. The predicted molar refractivity (Wildman–Crippen MR) is 143 cm³/mol. The molecule has 7 nitrogen and oxygen atoms in total. The molecule has 0 aliphatic heterocycles. The Morgan fingerprint density at radius 2 is 1.72 bits per heavy atom. The molecule has 0 saturated carbocycles. The van der Waals surface area contributed by atoms with Crippen LogP contribution in [0.15, 0.2) is 73.1 Å². The number of nitrogens with zero attached hydrogens (tertiary/aromatic N) is 1. The maximum Gasteiger partial charge on any atom is 0.255 e. The van der Waals surface area contributed by atoms with Gasteiger partial charge in [0.05, 0.1) is 11.4 Å². The molecular formula is C27H22Cl2N4O3. The third-order valence-electron chi connectivity index (χ3n) is 6.05. The number of rotatable bonds is 7. The molecular weight excluding hydrogens is 499 g/mol. The number of benzene rings is 3. The van der Waals surface area contributed by atoms with Gasteiger partial charge in [-0.3, -0.25) is 9.59 Å². The summed E-state index contributed by atoms with van der Waals surface area (Å²) in [5.74, 6) is -0.884. The first kappa shape index (κ1) is 23.8. The molecule has 2 heterocycles. The lowest BCUT2D eigenvalue weighted by Gasteiger charge is -2.17. The van der Waals surface area contributed by atoms with E-state index in [1.54, 1.807) is 36.4 Å². The average molecular weight is 521 g/mol. The number of primary amides is 1.